The fraction of sp³-hybridized carbons (Fsp3) is 0.158. The van der Waals surface area contributed by atoms with Gasteiger partial charge in [-0.15, -0.1) is 5.10 Å². The van der Waals surface area contributed by atoms with Crippen LogP contribution in [0.25, 0.3) is 17.6 Å². The Morgan fingerprint density at radius 3 is 2.31 bits per heavy atom. The molecule has 0 aliphatic carbocycles. The number of benzene rings is 1. The number of carbonyl (C=O) groups is 1. The largest absolute Gasteiger partial charge is 0.416 e. The van der Waals surface area contributed by atoms with E-state index in [0.29, 0.717) is 17.8 Å². The van der Waals surface area contributed by atoms with Crippen LogP contribution >= 0.6 is 0 Å². The lowest BCUT2D eigenvalue weighted by Crippen LogP contribution is -2.38. The van der Waals surface area contributed by atoms with Crippen LogP contribution in [-0.4, -0.2) is 32.7 Å². The first kappa shape index (κ1) is 22.8. The van der Waals surface area contributed by atoms with Gasteiger partial charge in [-0.3, -0.25) is 20.2 Å². The third-order valence-electron chi connectivity index (χ3n) is 4.04. The van der Waals surface area contributed by atoms with Crippen molar-refractivity contribution >= 4 is 17.8 Å². The highest BCUT2D eigenvalue weighted by molar-refractivity contribution is 5.91. The molecule has 3 aromatic rings. The summed E-state index contributed by atoms with van der Waals surface area (Å²) in [4.78, 5) is 19.7. The van der Waals surface area contributed by atoms with Crippen molar-refractivity contribution in [2.24, 2.45) is 0 Å². The predicted octanol–water partition coefficient (Wildman–Crippen LogP) is 4.02. The van der Waals surface area contributed by atoms with E-state index in [1.54, 1.807) is 25.4 Å². The second-order valence-corrected chi connectivity index (χ2v) is 6.40. The van der Waals surface area contributed by atoms with Gasteiger partial charge in [0.25, 0.3) is 5.91 Å². The molecule has 2 aromatic heterocycles. The molecule has 3 rings (SSSR count). The molecule has 0 spiro atoms. The molecular weight excluding hydrogens is 442 g/mol. The van der Waals surface area contributed by atoms with E-state index in [1.807, 2.05) is 0 Å². The van der Waals surface area contributed by atoms with E-state index in [-0.39, 0.29) is 11.9 Å². The number of pyridine rings is 1. The molecule has 1 amide bonds. The van der Waals surface area contributed by atoms with E-state index in [2.05, 4.69) is 20.5 Å². The van der Waals surface area contributed by atoms with Crippen LogP contribution in [0.1, 0.15) is 11.1 Å². The first-order chi connectivity index (χ1) is 14.9. The van der Waals surface area contributed by atoms with Crippen LogP contribution in [-0.2, 0) is 17.1 Å². The lowest BCUT2D eigenvalue weighted by Gasteiger charge is -2.18. The molecule has 0 unspecified atom stereocenters. The molecule has 32 heavy (non-hydrogen) atoms. The van der Waals surface area contributed by atoms with Crippen molar-refractivity contribution in [2.75, 3.05) is 12.1 Å². The second-order valence-electron chi connectivity index (χ2n) is 6.40. The number of hydrazine groups is 1. The fourth-order valence-corrected chi connectivity index (χ4v) is 2.53. The van der Waals surface area contributed by atoms with Crippen molar-refractivity contribution in [1.29, 1.82) is 0 Å². The van der Waals surface area contributed by atoms with Gasteiger partial charge in [0.2, 0.25) is 0 Å². The van der Waals surface area contributed by atoms with Crippen LogP contribution in [0.2, 0.25) is 0 Å². The normalized spacial score (nSPS) is 12.2. The third kappa shape index (κ3) is 5.62. The number of amides is 1. The van der Waals surface area contributed by atoms with Gasteiger partial charge in [0.15, 0.2) is 5.82 Å². The van der Waals surface area contributed by atoms with Gasteiger partial charge in [0.1, 0.15) is 6.33 Å². The monoisotopic (exact) mass is 456 g/mol. The van der Waals surface area contributed by atoms with Crippen LogP contribution in [0, 0.1) is 0 Å². The summed E-state index contributed by atoms with van der Waals surface area (Å²) >= 11 is 0. The molecule has 0 aliphatic rings. The maximum Gasteiger partial charge on any atom is 0.416 e. The number of nitrogens with zero attached hydrogens (tertiary/aromatic N) is 5. The number of alkyl halides is 6. The summed E-state index contributed by atoms with van der Waals surface area (Å²) in [6.45, 7) is 0. The van der Waals surface area contributed by atoms with Crippen molar-refractivity contribution < 1.29 is 31.1 Å². The smallest absolute Gasteiger partial charge is 0.287 e. The zero-order chi connectivity index (χ0) is 23.5. The minimum atomic E-state index is -4.99. The van der Waals surface area contributed by atoms with Gasteiger partial charge in [-0.1, -0.05) is 0 Å². The lowest BCUT2D eigenvalue weighted by molar-refractivity contribution is -0.143. The van der Waals surface area contributed by atoms with Gasteiger partial charge < -0.3 is 0 Å². The summed E-state index contributed by atoms with van der Waals surface area (Å²) in [6.07, 6.45) is -3.67. The van der Waals surface area contributed by atoms with E-state index in [9.17, 15) is 31.1 Å². The lowest BCUT2D eigenvalue weighted by atomic mass is 10.0. The van der Waals surface area contributed by atoms with Crippen LogP contribution in [0.4, 0.5) is 32.0 Å². The zero-order valence-electron chi connectivity index (χ0n) is 16.2. The van der Waals surface area contributed by atoms with E-state index in [1.165, 1.54) is 11.2 Å². The summed E-state index contributed by atoms with van der Waals surface area (Å²) < 4.78 is 79.1. The maximum absolute atomic E-state index is 13.0. The Kier molecular flexibility index (Phi) is 6.18. The number of halogens is 6. The van der Waals surface area contributed by atoms with Crippen molar-refractivity contribution in [1.82, 2.24) is 25.2 Å². The topological polar surface area (TPSA) is 75.9 Å². The molecule has 168 valence electrons. The number of rotatable bonds is 5. The average Bonchev–Trinajstić information content (AvgIpc) is 3.20. The van der Waals surface area contributed by atoms with Crippen molar-refractivity contribution in [3.05, 3.63) is 66.3 Å². The van der Waals surface area contributed by atoms with Gasteiger partial charge >= 0.3 is 12.4 Å². The highest BCUT2D eigenvalue weighted by Crippen LogP contribution is 2.38. The fourth-order valence-electron chi connectivity index (χ4n) is 2.53. The van der Waals surface area contributed by atoms with E-state index < -0.39 is 35.0 Å². The van der Waals surface area contributed by atoms with Crippen LogP contribution < -0.4 is 10.4 Å². The highest BCUT2D eigenvalue weighted by Gasteiger charge is 2.37. The van der Waals surface area contributed by atoms with Crippen LogP contribution in [0.5, 0.6) is 0 Å². The maximum atomic E-state index is 13.0. The zero-order valence-corrected chi connectivity index (χ0v) is 16.2. The predicted molar refractivity (Wildman–Crippen MR) is 102 cm³/mol. The Morgan fingerprint density at radius 1 is 1.09 bits per heavy atom. The first-order valence-corrected chi connectivity index (χ1v) is 8.77. The van der Waals surface area contributed by atoms with E-state index in [4.69, 9.17) is 0 Å². The third-order valence-corrected chi connectivity index (χ3v) is 4.04. The summed E-state index contributed by atoms with van der Waals surface area (Å²) in [7, 11) is 1.57. The number of carbonyl (C=O) groups excluding carboxylic acids is 1. The first-order valence-electron chi connectivity index (χ1n) is 8.77. The minimum absolute atomic E-state index is 0.0174. The molecule has 7 nitrogen and oxygen atoms in total. The Morgan fingerprint density at radius 2 is 1.75 bits per heavy atom. The molecule has 0 aliphatic heterocycles. The minimum Gasteiger partial charge on any atom is -0.287 e. The molecule has 0 saturated heterocycles. The molecule has 13 heteroatoms. The van der Waals surface area contributed by atoms with E-state index in [0.717, 1.165) is 23.3 Å². The molecule has 0 saturated carbocycles. The van der Waals surface area contributed by atoms with Gasteiger partial charge in [0.05, 0.1) is 23.0 Å². The molecule has 0 atom stereocenters. The summed E-state index contributed by atoms with van der Waals surface area (Å²) in [5.74, 6) is -0.953. The average molecular weight is 456 g/mol. The van der Waals surface area contributed by atoms with Crippen LogP contribution in [0.3, 0.4) is 0 Å². The Balaban J connectivity index is 1.79. The Labute approximate surface area is 177 Å². The number of hydrogen-bond acceptors (Lipinski definition) is 5. The Hall–Kier alpha value is -3.90. The van der Waals surface area contributed by atoms with Crippen molar-refractivity contribution in [3.63, 3.8) is 0 Å². The number of hydrogen-bond donors (Lipinski definition) is 1. The Bertz CT molecular complexity index is 1090. The van der Waals surface area contributed by atoms with E-state index >= 15 is 0 Å². The molecule has 2 heterocycles. The summed E-state index contributed by atoms with van der Waals surface area (Å²) in [6, 6.07) is 4.43. The standard InChI is InChI=1S/C19H14F6N6O/c1-30(15-3-2-5-26-10-15)28-16(32)4-6-31-11-27-17(29-31)12-7-13(18(20,21)22)9-14(8-12)19(23,24)25/h2-11H,1H3,(H,28,32)/b6-4-. The van der Waals surface area contributed by atoms with Crippen LogP contribution in [0.15, 0.2) is 55.1 Å². The number of nitrogens with one attached hydrogen (secondary N) is 1. The highest BCUT2D eigenvalue weighted by atomic mass is 19.4. The molecule has 0 bridgehead atoms. The molecular formula is C19H14F6N6O. The molecule has 0 fully saturated rings. The molecule has 0 radical (unpaired) electrons. The SMILES string of the molecule is CN(NC(=O)/C=C\n1cnc(-c2cc(C(F)(F)F)cc(C(F)(F)F)c2)n1)c1cccnc1. The van der Waals surface area contributed by atoms with Crippen molar-refractivity contribution in [2.45, 2.75) is 12.4 Å². The summed E-state index contributed by atoms with van der Waals surface area (Å²) in [5.41, 5.74) is -0.323. The van der Waals surface area contributed by atoms with Gasteiger partial charge in [0, 0.05) is 31.1 Å². The molecule has 1 aromatic carbocycles. The van der Waals surface area contributed by atoms with Gasteiger partial charge in [-0.2, -0.15) is 26.3 Å². The second kappa shape index (κ2) is 8.69. The van der Waals surface area contributed by atoms with Crippen molar-refractivity contribution in [3.8, 4) is 11.4 Å². The van der Waals surface area contributed by atoms with Gasteiger partial charge in [-0.25, -0.2) is 9.67 Å². The quantitative estimate of drug-likeness (QED) is 0.357. The molecule has 1 N–H and O–H groups in total. The number of anilines is 1. The van der Waals surface area contributed by atoms with Gasteiger partial charge in [-0.05, 0) is 30.3 Å². The number of aromatic nitrogens is 4. The summed E-state index contributed by atoms with van der Waals surface area (Å²) in [5, 5.41) is 5.21.